The zero-order valence-electron chi connectivity index (χ0n) is 15.0. The van der Waals surface area contributed by atoms with Gasteiger partial charge in [0.1, 0.15) is 10.0 Å². The first-order valence-corrected chi connectivity index (χ1v) is 10.5. The molecule has 0 aliphatic heterocycles. The number of carbonyl (C=O) groups is 1. The van der Waals surface area contributed by atoms with Crippen LogP contribution < -0.4 is 15.8 Å². The zero-order chi connectivity index (χ0) is 19.4. The van der Waals surface area contributed by atoms with E-state index in [9.17, 15) is 17.6 Å². The number of hydrogen-bond acceptors (Lipinski definition) is 5. The van der Waals surface area contributed by atoms with Crippen LogP contribution in [0.1, 0.15) is 26.7 Å². The van der Waals surface area contributed by atoms with Crippen molar-refractivity contribution in [3.05, 3.63) is 41.5 Å². The summed E-state index contributed by atoms with van der Waals surface area (Å²) in [6, 6.07) is 6.75. The molecule has 2 aromatic rings. The summed E-state index contributed by atoms with van der Waals surface area (Å²) in [5.74, 6) is -1.01. The van der Waals surface area contributed by atoms with Crippen molar-refractivity contribution >= 4 is 51.0 Å². The predicted octanol–water partition coefficient (Wildman–Crippen LogP) is 3.81. The van der Waals surface area contributed by atoms with E-state index in [0.29, 0.717) is 18.5 Å². The Morgan fingerprint density at radius 2 is 1.93 bits per heavy atom. The van der Waals surface area contributed by atoms with Gasteiger partial charge in [0.25, 0.3) is 10.0 Å². The quantitative estimate of drug-likeness (QED) is 0.586. The van der Waals surface area contributed by atoms with Gasteiger partial charge in [-0.1, -0.05) is 19.9 Å². The second-order valence-electron chi connectivity index (χ2n) is 5.88. The van der Waals surface area contributed by atoms with Gasteiger partial charge < -0.3 is 11.1 Å². The molecule has 0 atom stereocenters. The molecule has 27 heavy (non-hydrogen) atoms. The second-order valence-corrected chi connectivity index (χ2v) is 8.73. The molecule has 0 fully saturated rings. The summed E-state index contributed by atoms with van der Waals surface area (Å²) >= 11 is 1.03. The highest BCUT2D eigenvalue weighted by molar-refractivity contribution is 7.94. The summed E-state index contributed by atoms with van der Waals surface area (Å²) in [4.78, 5) is 12.6. The average Bonchev–Trinajstić information content (AvgIpc) is 3.15. The predicted molar refractivity (Wildman–Crippen MR) is 109 cm³/mol. The van der Waals surface area contributed by atoms with E-state index >= 15 is 0 Å². The molecule has 0 radical (unpaired) electrons. The Hall–Kier alpha value is -1.68. The van der Waals surface area contributed by atoms with Gasteiger partial charge >= 0.3 is 0 Å². The molecule has 0 bridgehead atoms. The van der Waals surface area contributed by atoms with Gasteiger partial charge in [-0.2, -0.15) is 0 Å². The summed E-state index contributed by atoms with van der Waals surface area (Å²) in [6.45, 7) is 3.94. The van der Waals surface area contributed by atoms with Crippen LogP contribution in [0.15, 0.2) is 39.9 Å². The van der Waals surface area contributed by atoms with Crippen LogP contribution in [0.25, 0.3) is 0 Å². The maximum Gasteiger partial charge on any atom is 0.271 e. The topological polar surface area (TPSA) is 101 Å². The highest BCUT2D eigenvalue weighted by Crippen LogP contribution is 2.29. The molecule has 6 nitrogen and oxygen atoms in total. The molecule has 0 saturated heterocycles. The fraction of sp³-hybridized carbons (Fsp3) is 0.353. The van der Waals surface area contributed by atoms with Crippen LogP contribution in [0.5, 0.6) is 0 Å². The molecular formula is C17H23ClFN3O3S2. The van der Waals surface area contributed by atoms with Gasteiger partial charge in [-0.3, -0.25) is 9.52 Å². The van der Waals surface area contributed by atoms with Crippen LogP contribution in [0.3, 0.4) is 0 Å². The first kappa shape index (κ1) is 23.4. The van der Waals surface area contributed by atoms with Crippen molar-refractivity contribution < 1.29 is 17.6 Å². The standard InChI is InChI=1S/C17H22FN3O3S2.ClH/c1-3-17(4-2,11-19)16(22)20-12-7-8-13(18)14(10-12)21-26(23,24)15-6-5-9-25-15;/h5-10,21H,3-4,11,19H2,1-2H3,(H,20,22);1H. The lowest BCUT2D eigenvalue weighted by atomic mass is 9.81. The number of rotatable bonds is 8. The molecule has 0 saturated carbocycles. The summed E-state index contributed by atoms with van der Waals surface area (Å²) in [5.41, 5.74) is 5.10. The number of halogens is 2. The van der Waals surface area contributed by atoms with Gasteiger partial charge in [-0.15, -0.1) is 23.7 Å². The fourth-order valence-electron chi connectivity index (χ4n) is 2.51. The van der Waals surface area contributed by atoms with Gasteiger partial charge in [-0.05, 0) is 42.5 Å². The average molecular weight is 436 g/mol. The number of nitrogens with two attached hydrogens (primary N) is 1. The number of nitrogens with one attached hydrogen (secondary N) is 2. The summed E-state index contributed by atoms with van der Waals surface area (Å²) in [6.07, 6.45) is 1.12. The number of amides is 1. The lowest BCUT2D eigenvalue weighted by molar-refractivity contribution is -0.125. The molecule has 2 rings (SSSR count). The van der Waals surface area contributed by atoms with Crippen LogP contribution in [0.4, 0.5) is 15.8 Å². The van der Waals surface area contributed by atoms with E-state index in [-0.39, 0.29) is 34.8 Å². The van der Waals surface area contributed by atoms with Crippen molar-refractivity contribution in [2.24, 2.45) is 11.1 Å². The third-order valence-corrected chi connectivity index (χ3v) is 7.22. The summed E-state index contributed by atoms with van der Waals surface area (Å²) in [5, 5.41) is 4.32. The Morgan fingerprint density at radius 1 is 1.26 bits per heavy atom. The summed E-state index contributed by atoms with van der Waals surface area (Å²) < 4.78 is 40.9. The number of hydrogen-bond donors (Lipinski definition) is 3. The Kier molecular flexibility index (Phi) is 8.22. The highest BCUT2D eigenvalue weighted by Gasteiger charge is 2.33. The highest BCUT2D eigenvalue weighted by atomic mass is 35.5. The van der Waals surface area contributed by atoms with E-state index in [2.05, 4.69) is 10.0 Å². The Morgan fingerprint density at radius 3 is 2.44 bits per heavy atom. The summed E-state index contributed by atoms with van der Waals surface area (Å²) in [7, 11) is -3.88. The van der Waals surface area contributed by atoms with Crippen LogP contribution in [-0.4, -0.2) is 20.9 Å². The van der Waals surface area contributed by atoms with Crippen molar-refractivity contribution in [2.75, 3.05) is 16.6 Å². The molecule has 1 heterocycles. The first-order valence-electron chi connectivity index (χ1n) is 8.15. The van der Waals surface area contributed by atoms with Crippen molar-refractivity contribution in [3.8, 4) is 0 Å². The molecular weight excluding hydrogens is 413 g/mol. The zero-order valence-corrected chi connectivity index (χ0v) is 17.4. The Labute approximate surface area is 168 Å². The van der Waals surface area contributed by atoms with Crippen LogP contribution >= 0.6 is 23.7 Å². The molecule has 150 valence electrons. The maximum atomic E-state index is 14.1. The minimum atomic E-state index is -3.88. The largest absolute Gasteiger partial charge is 0.329 e. The van der Waals surface area contributed by atoms with Gasteiger partial charge in [0, 0.05) is 12.2 Å². The van der Waals surface area contributed by atoms with E-state index in [1.54, 1.807) is 11.4 Å². The number of thiophene rings is 1. The van der Waals surface area contributed by atoms with Crippen molar-refractivity contribution in [2.45, 2.75) is 30.9 Å². The Bertz CT molecular complexity index is 861. The van der Waals surface area contributed by atoms with E-state index in [4.69, 9.17) is 5.73 Å². The molecule has 1 aromatic heterocycles. The number of carbonyl (C=O) groups excluding carboxylic acids is 1. The second kappa shape index (κ2) is 9.50. The molecule has 0 unspecified atom stereocenters. The molecule has 1 aromatic carbocycles. The van der Waals surface area contributed by atoms with E-state index in [1.807, 2.05) is 13.8 Å². The van der Waals surface area contributed by atoms with Gasteiger partial charge in [0.05, 0.1) is 11.1 Å². The first-order chi connectivity index (χ1) is 12.3. The molecule has 10 heteroatoms. The molecule has 0 spiro atoms. The molecule has 1 amide bonds. The molecule has 4 N–H and O–H groups in total. The van der Waals surface area contributed by atoms with Gasteiger partial charge in [-0.25, -0.2) is 12.8 Å². The minimum Gasteiger partial charge on any atom is -0.329 e. The number of anilines is 2. The van der Waals surface area contributed by atoms with Crippen molar-refractivity contribution in [3.63, 3.8) is 0 Å². The lowest BCUT2D eigenvalue weighted by Crippen LogP contribution is -2.41. The van der Waals surface area contributed by atoms with Crippen LogP contribution in [0.2, 0.25) is 0 Å². The monoisotopic (exact) mass is 435 g/mol. The van der Waals surface area contributed by atoms with Crippen LogP contribution in [-0.2, 0) is 14.8 Å². The molecule has 0 aliphatic rings. The van der Waals surface area contributed by atoms with E-state index < -0.39 is 21.3 Å². The third kappa shape index (κ3) is 5.19. The number of benzene rings is 1. The number of sulfonamides is 1. The third-order valence-electron chi connectivity index (χ3n) is 4.45. The van der Waals surface area contributed by atoms with Gasteiger partial charge in [0.2, 0.25) is 5.91 Å². The maximum absolute atomic E-state index is 14.1. The van der Waals surface area contributed by atoms with E-state index in [0.717, 1.165) is 17.4 Å². The lowest BCUT2D eigenvalue weighted by Gasteiger charge is -2.28. The Balaban J connectivity index is 0.00000364. The fourth-order valence-corrected chi connectivity index (χ4v) is 4.56. The smallest absolute Gasteiger partial charge is 0.271 e. The van der Waals surface area contributed by atoms with Crippen LogP contribution in [0, 0.1) is 11.2 Å². The minimum absolute atomic E-state index is 0. The SMILES string of the molecule is CCC(CC)(CN)C(=O)Nc1ccc(F)c(NS(=O)(=O)c2cccs2)c1.Cl. The normalized spacial score (nSPS) is 11.6. The van der Waals surface area contributed by atoms with Gasteiger partial charge in [0.15, 0.2) is 0 Å². The van der Waals surface area contributed by atoms with Crippen molar-refractivity contribution in [1.29, 1.82) is 0 Å². The van der Waals surface area contributed by atoms with Crippen molar-refractivity contribution in [1.82, 2.24) is 0 Å². The molecule has 0 aliphatic carbocycles. The van der Waals surface area contributed by atoms with E-state index in [1.165, 1.54) is 18.2 Å².